The van der Waals surface area contributed by atoms with Crippen LogP contribution >= 0.6 is 15.9 Å². The molecule has 2 atom stereocenters. The van der Waals surface area contributed by atoms with Crippen molar-refractivity contribution in [3.63, 3.8) is 0 Å². The number of hydrogen-bond donors (Lipinski definition) is 1. The summed E-state index contributed by atoms with van der Waals surface area (Å²) in [5.41, 5.74) is 0.333. The van der Waals surface area contributed by atoms with Crippen LogP contribution in [-0.4, -0.2) is 41.1 Å². The molecule has 0 aromatic heterocycles. The highest BCUT2D eigenvalue weighted by Gasteiger charge is 2.49. The van der Waals surface area contributed by atoms with Crippen LogP contribution in [0.15, 0.2) is 53.0 Å². The SMILES string of the molecule is CC1(c2ccc(Br)cc2)CC(=O)N(CC(O)COc2ccc(C#N)cc2)C1=O. The first kappa shape index (κ1) is 20.1. The monoisotopic (exact) mass is 442 g/mol. The minimum atomic E-state index is -1.02. The molecular weight excluding hydrogens is 424 g/mol. The molecular formula is C21H19BrN2O4. The number of aliphatic hydroxyl groups is 1. The van der Waals surface area contributed by atoms with Gasteiger partial charge in [0, 0.05) is 10.9 Å². The number of β-amino-alcohol motifs (C(OH)–C–C–N with tert-alkyl or cyclic N) is 1. The van der Waals surface area contributed by atoms with Crippen molar-refractivity contribution in [3.8, 4) is 11.8 Å². The zero-order valence-corrected chi connectivity index (χ0v) is 16.8. The van der Waals surface area contributed by atoms with E-state index in [-0.39, 0.29) is 31.4 Å². The van der Waals surface area contributed by atoms with Crippen molar-refractivity contribution in [2.24, 2.45) is 0 Å². The number of imide groups is 1. The maximum Gasteiger partial charge on any atom is 0.240 e. The highest BCUT2D eigenvalue weighted by molar-refractivity contribution is 9.10. The van der Waals surface area contributed by atoms with E-state index < -0.39 is 11.5 Å². The van der Waals surface area contributed by atoms with Gasteiger partial charge in [-0.15, -0.1) is 0 Å². The molecule has 1 heterocycles. The van der Waals surface area contributed by atoms with Crippen molar-refractivity contribution in [1.82, 2.24) is 4.90 Å². The maximum atomic E-state index is 12.9. The van der Waals surface area contributed by atoms with Crippen LogP contribution in [0.25, 0.3) is 0 Å². The van der Waals surface area contributed by atoms with E-state index in [4.69, 9.17) is 10.00 Å². The maximum absolute atomic E-state index is 12.9. The first-order valence-corrected chi connectivity index (χ1v) is 9.54. The summed E-state index contributed by atoms with van der Waals surface area (Å²) >= 11 is 3.36. The summed E-state index contributed by atoms with van der Waals surface area (Å²) in [7, 11) is 0. The zero-order chi connectivity index (χ0) is 20.3. The Kier molecular flexibility index (Phi) is 5.82. The summed E-state index contributed by atoms with van der Waals surface area (Å²) in [4.78, 5) is 26.5. The molecule has 0 radical (unpaired) electrons. The minimum Gasteiger partial charge on any atom is -0.491 e. The largest absolute Gasteiger partial charge is 0.491 e. The Morgan fingerprint density at radius 3 is 2.46 bits per heavy atom. The summed E-state index contributed by atoms with van der Waals surface area (Å²) in [5, 5.41) is 19.0. The number of nitriles is 1. The molecule has 2 aromatic rings. The van der Waals surface area contributed by atoms with E-state index in [1.165, 1.54) is 0 Å². The van der Waals surface area contributed by atoms with Gasteiger partial charge in [0.1, 0.15) is 18.5 Å². The third kappa shape index (κ3) is 4.08. The van der Waals surface area contributed by atoms with Crippen LogP contribution < -0.4 is 4.74 Å². The van der Waals surface area contributed by atoms with Crippen LogP contribution in [-0.2, 0) is 15.0 Å². The fraction of sp³-hybridized carbons (Fsp3) is 0.286. The molecule has 0 saturated carbocycles. The van der Waals surface area contributed by atoms with E-state index in [1.807, 2.05) is 30.3 Å². The topological polar surface area (TPSA) is 90.6 Å². The van der Waals surface area contributed by atoms with Crippen LogP contribution in [0.5, 0.6) is 5.75 Å². The van der Waals surface area contributed by atoms with Gasteiger partial charge >= 0.3 is 0 Å². The van der Waals surface area contributed by atoms with Crippen molar-refractivity contribution >= 4 is 27.7 Å². The summed E-state index contributed by atoms with van der Waals surface area (Å²) in [6.45, 7) is 1.55. The van der Waals surface area contributed by atoms with Gasteiger partial charge in [0.2, 0.25) is 11.8 Å². The number of nitrogens with zero attached hydrogens (tertiary/aromatic N) is 2. The third-order valence-corrected chi connectivity index (χ3v) is 5.35. The Morgan fingerprint density at radius 1 is 1.21 bits per heavy atom. The van der Waals surface area contributed by atoms with Crippen LogP contribution in [0, 0.1) is 11.3 Å². The molecule has 28 heavy (non-hydrogen) atoms. The van der Waals surface area contributed by atoms with Crippen molar-refractivity contribution in [1.29, 1.82) is 5.26 Å². The third-order valence-electron chi connectivity index (χ3n) is 4.82. The van der Waals surface area contributed by atoms with Gasteiger partial charge in [-0.1, -0.05) is 28.1 Å². The molecule has 1 aliphatic rings. The van der Waals surface area contributed by atoms with Gasteiger partial charge in [0.05, 0.1) is 23.6 Å². The fourth-order valence-electron chi connectivity index (χ4n) is 3.19. The number of ether oxygens (including phenoxy) is 1. The second-order valence-corrected chi connectivity index (χ2v) is 7.84. The standard InChI is InChI=1S/C21H19BrN2O4/c1-21(15-4-6-16(22)7-5-15)10-19(26)24(20(21)27)12-17(25)13-28-18-8-2-14(11-23)3-9-18/h2-9,17,25H,10,12-13H2,1H3. The molecule has 144 valence electrons. The van der Waals surface area contributed by atoms with Gasteiger partial charge in [0.15, 0.2) is 0 Å². The molecule has 2 unspecified atom stereocenters. The van der Waals surface area contributed by atoms with Gasteiger partial charge in [-0.2, -0.15) is 5.26 Å². The number of carbonyl (C=O) groups excluding carboxylic acids is 2. The predicted octanol–water partition coefficient (Wildman–Crippen LogP) is 2.78. The van der Waals surface area contributed by atoms with E-state index in [0.29, 0.717) is 11.3 Å². The smallest absolute Gasteiger partial charge is 0.240 e. The number of benzene rings is 2. The Hall–Kier alpha value is -2.69. The molecule has 0 bridgehead atoms. The Morgan fingerprint density at radius 2 is 1.86 bits per heavy atom. The van der Waals surface area contributed by atoms with Crippen molar-refractivity contribution < 1.29 is 19.4 Å². The molecule has 1 saturated heterocycles. The number of hydrogen-bond acceptors (Lipinski definition) is 5. The lowest BCUT2D eigenvalue weighted by Crippen LogP contribution is -2.42. The molecule has 3 rings (SSSR count). The van der Waals surface area contributed by atoms with E-state index in [9.17, 15) is 14.7 Å². The number of carbonyl (C=O) groups is 2. The number of rotatable bonds is 6. The average molecular weight is 443 g/mol. The Labute approximate surface area is 171 Å². The first-order chi connectivity index (χ1) is 13.3. The Balaban J connectivity index is 1.63. The molecule has 2 aromatic carbocycles. The predicted molar refractivity (Wildman–Crippen MR) is 105 cm³/mol. The first-order valence-electron chi connectivity index (χ1n) is 8.75. The normalized spacial score (nSPS) is 20.1. The summed E-state index contributed by atoms with van der Waals surface area (Å²) in [6.07, 6.45) is -0.952. The number of halogens is 1. The van der Waals surface area contributed by atoms with Crippen molar-refractivity contribution in [2.45, 2.75) is 24.9 Å². The quantitative estimate of drug-likeness (QED) is 0.694. The van der Waals surface area contributed by atoms with Gasteiger partial charge in [-0.05, 0) is 48.9 Å². The van der Waals surface area contributed by atoms with Gasteiger partial charge in [0.25, 0.3) is 0 Å². The Bertz CT molecular complexity index is 921. The molecule has 2 amide bonds. The zero-order valence-electron chi connectivity index (χ0n) is 15.3. The highest BCUT2D eigenvalue weighted by atomic mass is 79.9. The lowest BCUT2D eigenvalue weighted by Gasteiger charge is -2.24. The second-order valence-electron chi connectivity index (χ2n) is 6.93. The lowest BCUT2D eigenvalue weighted by atomic mass is 9.81. The van der Waals surface area contributed by atoms with Crippen LogP contribution in [0.3, 0.4) is 0 Å². The molecule has 1 fully saturated rings. The van der Waals surface area contributed by atoms with Gasteiger partial charge in [-0.3, -0.25) is 14.5 Å². The van der Waals surface area contributed by atoms with E-state index >= 15 is 0 Å². The second kappa shape index (κ2) is 8.13. The molecule has 0 aliphatic carbocycles. The van der Waals surface area contributed by atoms with Crippen molar-refractivity contribution in [3.05, 3.63) is 64.1 Å². The average Bonchev–Trinajstić information content (AvgIpc) is 2.91. The van der Waals surface area contributed by atoms with Crippen molar-refractivity contribution in [2.75, 3.05) is 13.2 Å². The minimum absolute atomic E-state index is 0.0661. The van der Waals surface area contributed by atoms with E-state index in [0.717, 1.165) is 14.9 Å². The molecule has 0 spiro atoms. The molecule has 6 nitrogen and oxygen atoms in total. The summed E-state index contributed by atoms with van der Waals surface area (Å²) in [6, 6.07) is 15.8. The highest BCUT2D eigenvalue weighted by Crippen LogP contribution is 2.36. The molecule has 1 N–H and O–H groups in total. The van der Waals surface area contributed by atoms with E-state index in [1.54, 1.807) is 31.2 Å². The summed E-state index contributed by atoms with van der Waals surface area (Å²) < 4.78 is 6.38. The molecule has 1 aliphatic heterocycles. The summed E-state index contributed by atoms with van der Waals surface area (Å²) in [5.74, 6) is -0.137. The van der Waals surface area contributed by atoms with Crippen LogP contribution in [0.1, 0.15) is 24.5 Å². The number of likely N-dealkylation sites (tertiary alicyclic amines) is 1. The van der Waals surface area contributed by atoms with Crippen LogP contribution in [0.4, 0.5) is 0 Å². The van der Waals surface area contributed by atoms with Crippen LogP contribution in [0.2, 0.25) is 0 Å². The fourth-order valence-corrected chi connectivity index (χ4v) is 3.46. The van der Waals surface area contributed by atoms with E-state index in [2.05, 4.69) is 15.9 Å². The number of amides is 2. The molecule has 7 heteroatoms. The lowest BCUT2D eigenvalue weighted by molar-refractivity contribution is -0.141. The van der Waals surface area contributed by atoms with Gasteiger partial charge < -0.3 is 9.84 Å². The van der Waals surface area contributed by atoms with Gasteiger partial charge in [-0.25, -0.2) is 0 Å². The number of aliphatic hydroxyl groups excluding tert-OH is 1.